The van der Waals surface area contributed by atoms with Gasteiger partial charge in [-0.15, -0.1) is 0 Å². The number of benzene rings is 2. The van der Waals surface area contributed by atoms with Gasteiger partial charge in [0.05, 0.1) is 13.7 Å². The number of methoxy groups -OCH3 is 1. The molecular formula is C17H17NO2. The van der Waals surface area contributed by atoms with E-state index in [0.717, 1.165) is 27.9 Å². The molecule has 0 saturated heterocycles. The summed E-state index contributed by atoms with van der Waals surface area (Å²) in [6, 6.07) is 18.4. The van der Waals surface area contributed by atoms with Gasteiger partial charge in [0.25, 0.3) is 0 Å². The number of nitrogens with zero attached hydrogens (tertiary/aromatic N) is 1. The molecule has 3 aromatic rings. The minimum absolute atomic E-state index is 0.121. The van der Waals surface area contributed by atoms with Crippen LogP contribution < -0.4 is 4.74 Å². The van der Waals surface area contributed by atoms with Crippen molar-refractivity contribution in [3.05, 3.63) is 54.6 Å². The monoisotopic (exact) mass is 267 g/mol. The second-order valence-electron chi connectivity index (χ2n) is 4.70. The average Bonchev–Trinajstić information content (AvgIpc) is 2.86. The predicted octanol–water partition coefficient (Wildman–Crippen LogP) is 3.31. The van der Waals surface area contributed by atoms with Crippen LogP contribution in [0.3, 0.4) is 0 Å². The minimum atomic E-state index is 0.121. The van der Waals surface area contributed by atoms with Gasteiger partial charge in [-0.25, -0.2) is 0 Å². The van der Waals surface area contributed by atoms with Crippen molar-refractivity contribution >= 4 is 10.9 Å². The van der Waals surface area contributed by atoms with Gasteiger partial charge < -0.3 is 14.4 Å². The molecular weight excluding hydrogens is 250 g/mol. The van der Waals surface area contributed by atoms with E-state index >= 15 is 0 Å². The molecule has 0 aliphatic carbocycles. The third-order valence-corrected chi connectivity index (χ3v) is 3.50. The fourth-order valence-electron chi connectivity index (χ4n) is 2.56. The molecule has 0 amide bonds. The Morgan fingerprint density at radius 3 is 2.55 bits per heavy atom. The van der Waals surface area contributed by atoms with Gasteiger partial charge in [0.1, 0.15) is 5.75 Å². The van der Waals surface area contributed by atoms with Crippen molar-refractivity contribution in [2.45, 2.75) is 6.54 Å². The smallest absolute Gasteiger partial charge is 0.119 e. The maximum atomic E-state index is 9.32. The standard InChI is InChI=1S/C17H17NO2/c1-20-15-7-8-16-14(11-15)12-17(18(16)9-10-19)13-5-3-2-4-6-13/h2-8,11-12,19H,9-10H2,1H3. The van der Waals surface area contributed by atoms with Gasteiger partial charge in [-0.05, 0) is 29.8 Å². The third kappa shape index (κ3) is 2.17. The summed E-state index contributed by atoms with van der Waals surface area (Å²) < 4.78 is 7.42. The molecule has 0 aliphatic rings. The van der Waals surface area contributed by atoms with E-state index in [1.165, 1.54) is 0 Å². The van der Waals surface area contributed by atoms with Crippen molar-refractivity contribution in [1.29, 1.82) is 0 Å². The van der Waals surface area contributed by atoms with Crippen molar-refractivity contribution in [1.82, 2.24) is 4.57 Å². The van der Waals surface area contributed by atoms with Crippen molar-refractivity contribution < 1.29 is 9.84 Å². The number of ether oxygens (including phenoxy) is 1. The SMILES string of the molecule is COc1ccc2c(c1)cc(-c1ccccc1)n2CCO. The highest BCUT2D eigenvalue weighted by Gasteiger charge is 2.10. The molecule has 0 atom stereocenters. The topological polar surface area (TPSA) is 34.4 Å². The predicted molar refractivity (Wildman–Crippen MR) is 81.0 cm³/mol. The van der Waals surface area contributed by atoms with E-state index in [4.69, 9.17) is 4.74 Å². The average molecular weight is 267 g/mol. The molecule has 3 heteroatoms. The van der Waals surface area contributed by atoms with Crippen molar-refractivity contribution in [2.75, 3.05) is 13.7 Å². The lowest BCUT2D eigenvalue weighted by Gasteiger charge is -2.09. The van der Waals surface area contributed by atoms with Gasteiger partial charge in [0.2, 0.25) is 0 Å². The number of hydrogen-bond acceptors (Lipinski definition) is 2. The lowest BCUT2D eigenvalue weighted by Crippen LogP contribution is -2.03. The number of hydrogen-bond donors (Lipinski definition) is 1. The van der Waals surface area contributed by atoms with Crippen molar-refractivity contribution in [3.63, 3.8) is 0 Å². The van der Waals surface area contributed by atoms with E-state index in [1.807, 2.05) is 36.4 Å². The highest BCUT2D eigenvalue weighted by atomic mass is 16.5. The van der Waals surface area contributed by atoms with Gasteiger partial charge in [0, 0.05) is 23.1 Å². The lowest BCUT2D eigenvalue weighted by atomic mass is 10.1. The number of aromatic nitrogens is 1. The van der Waals surface area contributed by atoms with Crippen molar-refractivity contribution in [3.8, 4) is 17.0 Å². The quantitative estimate of drug-likeness (QED) is 0.787. The van der Waals surface area contributed by atoms with Crippen LogP contribution in [0.2, 0.25) is 0 Å². The molecule has 20 heavy (non-hydrogen) atoms. The molecule has 0 saturated carbocycles. The number of rotatable bonds is 4. The normalized spacial score (nSPS) is 10.9. The summed E-state index contributed by atoms with van der Waals surface area (Å²) in [6.07, 6.45) is 0. The molecule has 3 rings (SSSR count). The van der Waals surface area contributed by atoms with E-state index < -0.39 is 0 Å². The molecule has 1 aromatic heterocycles. The maximum Gasteiger partial charge on any atom is 0.119 e. The number of fused-ring (bicyclic) bond motifs is 1. The summed E-state index contributed by atoms with van der Waals surface area (Å²) in [4.78, 5) is 0. The Hall–Kier alpha value is -2.26. The van der Waals surface area contributed by atoms with Crippen LogP contribution in [-0.2, 0) is 6.54 Å². The molecule has 102 valence electrons. The molecule has 0 unspecified atom stereocenters. The van der Waals surface area contributed by atoms with Crippen LogP contribution in [0.15, 0.2) is 54.6 Å². The van der Waals surface area contributed by atoms with Crippen molar-refractivity contribution in [2.24, 2.45) is 0 Å². The minimum Gasteiger partial charge on any atom is -0.497 e. The largest absolute Gasteiger partial charge is 0.497 e. The Morgan fingerprint density at radius 1 is 1.05 bits per heavy atom. The molecule has 3 nitrogen and oxygen atoms in total. The molecule has 0 spiro atoms. The Kier molecular flexibility index (Phi) is 3.44. The van der Waals surface area contributed by atoms with Gasteiger partial charge in [0.15, 0.2) is 0 Å². The van der Waals surface area contributed by atoms with Gasteiger partial charge in [-0.1, -0.05) is 30.3 Å². The molecule has 0 fully saturated rings. The van der Waals surface area contributed by atoms with Gasteiger partial charge in [-0.2, -0.15) is 0 Å². The zero-order valence-electron chi connectivity index (χ0n) is 11.4. The second kappa shape index (κ2) is 5.39. The fourth-order valence-corrected chi connectivity index (χ4v) is 2.56. The van der Waals surface area contributed by atoms with Crippen LogP contribution >= 0.6 is 0 Å². The molecule has 0 bridgehead atoms. The van der Waals surface area contributed by atoms with Crippen LogP contribution in [0.25, 0.3) is 22.2 Å². The first-order chi connectivity index (χ1) is 9.83. The summed E-state index contributed by atoms with van der Waals surface area (Å²) >= 11 is 0. The Morgan fingerprint density at radius 2 is 1.85 bits per heavy atom. The van der Waals surface area contributed by atoms with Crippen LogP contribution in [0.1, 0.15) is 0 Å². The summed E-state index contributed by atoms with van der Waals surface area (Å²) in [6.45, 7) is 0.704. The van der Waals surface area contributed by atoms with E-state index in [1.54, 1.807) is 7.11 Å². The van der Waals surface area contributed by atoms with E-state index in [-0.39, 0.29) is 6.61 Å². The summed E-state index contributed by atoms with van der Waals surface area (Å²) in [5.41, 5.74) is 3.37. The molecule has 0 aliphatic heterocycles. The first-order valence-electron chi connectivity index (χ1n) is 6.67. The van der Waals surface area contributed by atoms with Crippen LogP contribution in [0, 0.1) is 0 Å². The second-order valence-corrected chi connectivity index (χ2v) is 4.70. The summed E-state index contributed by atoms with van der Waals surface area (Å²) in [7, 11) is 1.67. The zero-order valence-corrected chi connectivity index (χ0v) is 11.4. The van der Waals surface area contributed by atoms with Gasteiger partial charge >= 0.3 is 0 Å². The number of aliphatic hydroxyl groups is 1. The Bertz CT molecular complexity index is 716. The highest BCUT2D eigenvalue weighted by Crippen LogP contribution is 2.30. The van der Waals surface area contributed by atoms with Gasteiger partial charge in [-0.3, -0.25) is 0 Å². The maximum absolute atomic E-state index is 9.32. The fraction of sp³-hybridized carbons (Fsp3) is 0.176. The third-order valence-electron chi connectivity index (χ3n) is 3.50. The summed E-state index contributed by atoms with van der Waals surface area (Å²) in [5.74, 6) is 0.846. The molecule has 1 heterocycles. The molecule has 2 aromatic carbocycles. The molecule has 0 radical (unpaired) electrons. The first kappa shape index (κ1) is 12.8. The van der Waals surface area contributed by atoms with Crippen LogP contribution in [0.4, 0.5) is 0 Å². The molecule has 1 N–H and O–H groups in total. The summed E-state index contributed by atoms with van der Waals surface area (Å²) in [5, 5.41) is 10.4. The van der Waals surface area contributed by atoms with Crippen LogP contribution in [-0.4, -0.2) is 23.4 Å². The highest BCUT2D eigenvalue weighted by molar-refractivity contribution is 5.88. The lowest BCUT2D eigenvalue weighted by molar-refractivity contribution is 0.278. The van der Waals surface area contributed by atoms with E-state index in [2.05, 4.69) is 22.8 Å². The Labute approximate surface area is 118 Å². The van der Waals surface area contributed by atoms with E-state index in [0.29, 0.717) is 6.54 Å². The number of aliphatic hydroxyl groups excluding tert-OH is 1. The Balaban J connectivity index is 2.22. The first-order valence-corrected chi connectivity index (χ1v) is 6.67. The van der Waals surface area contributed by atoms with E-state index in [9.17, 15) is 5.11 Å². The van der Waals surface area contributed by atoms with Crippen LogP contribution in [0.5, 0.6) is 5.75 Å². The zero-order chi connectivity index (χ0) is 13.9.